The zero-order chi connectivity index (χ0) is 12.6. The van der Waals surface area contributed by atoms with Crippen molar-refractivity contribution in [3.05, 3.63) is 0 Å². The van der Waals surface area contributed by atoms with E-state index in [0.717, 1.165) is 38.8 Å². The summed E-state index contributed by atoms with van der Waals surface area (Å²) in [4.78, 5) is 2.58. The van der Waals surface area contributed by atoms with E-state index in [2.05, 4.69) is 22.5 Å². The summed E-state index contributed by atoms with van der Waals surface area (Å²) in [6, 6.07) is 0.668. The fourth-order valence-corrected chi connectivity index (χ4v) is 2.90. The third-order valence-electron chi connectivity index (χ3n) is 4.28. The lowest BCUT2D eigenvalue weighted by Crippen LogP contribution is -2.50. The van der Waals surface area contributed by atoms with Gasteiger partial charge in [0.05, 0.1) is 0 Å². The van der Waals surface area contributed by atoms with Gasteiger partial charge in [0.25, 0.3) is 0 Å². The molecule has 2 saturated heterocycles. The van der Waals surface area contributed by atoms with Gasteiger partial charge in [-0.05, 0) is 38.6 Å². The van der Waals surface area contributed by atoms with Gasteiger partial charge in [-0.1, -0.05) is 0 Å². The van der Waals surface area contributed by atoms with Crippen LogP contribution in [-0.4, -0.2) is 63.4 Å². The Balaban J connectivity index is 1.51. The van der Waals surface area contributed by atoms with E-state index in [4.69, 9.17) is 4.74 Å². The van der Waals surface area contributed by atoms with Crippen molar-refractivity contribution in [1.82, 2.24) is 15.5 Å². The molecule has 2 N–H and O–H groups in total. The maximum absolute atomic E-state index is 5.39. The first-order valence-corrected chi connectivity index (χ1v) is 7.59. The van der Waals surface area contributed by atoms with E-state index in [1.54, 1.807) is 0 Å². The minimum atomic E-state index is 0.668. The second kappa shape index (κ2) is 8.10. The van der Waals surface area contributed by atoms with Crippen molar-refractivity contribution < 1.29 is 4.74 Å². The van der Waals surface area contributed by atoms with Crippen LogP contribution in [0.1, 0.15) is 26.2 Å². The molecule has 0 amide bonds. The lowest BCUT2D eigenvalue weighted by molar-refractivity contribution is 0.0637. The van der Waals surface area contributed by atoms with Crippen molar-refractivity contribution >= 4 is 0 Å². The molecule has 2 aliphatic heterocycles. The summed E-state index contributed by atoms with van der Waals surface area (Å²) < 4.78 is 5.39. The van der Waals surface area contributed by atoms with Crippen molar-refractivity contribution in [1.29, 1.82) is 0 Å². The largest absolute Gasteiger partial charge is 0.381 e. The third kappa shape index (κ3) is 4.84. The molecule has 0 saturated carbocycles. The monoisotopic (exact) mass is 255 g/mol. The van der Waals surface area contributed by atoms with Gasteiger partial charge in [-0.15, -0.1) is 0 Å². The minimum Gasteiger partial charge on any atom is -0.381 e. The SMILES string of the molecule is CC(CNCCC1CCOCC1)N1CCNCC1. The lowest BCUT2D eigenvalue weighted by Gasteiger charge is -2.33. The van der Waals surface area contributed by atoms with E-state index in [9.17, 15) is 0 Å². The van der Waals surface area contributed by atoms with Crippen LogP contribution in [0.25, 0.3) is 0 Å². The second-order valence-corrected chi connectivity index (χ2v) is 5.68. The van der Waals surface area contributed by atoms with Crippen LogP contribution < -0.4 is 10.6 Å². The van der Waals surface area contributed by atoms with E-state index < -0.39 is 0 Å². The zero-order valence-corrected chi connectivity index (χ0v) is 11.8. The summed E-state index contributed by atoms with van der Waals surface area (Å²) in [6.45, 7) is 11.3. The number of piperazine rings is 1. The molecule has 0 aromatic carbocycles. The summed E-state index contributed by atoms with van der Waals surface area (Å²) >= 11 is 0. The molecule has 2 heterocycles. The summed E-state index contributed by atoms with van der Waals surface area (Å²) in [5, 5.41) is 7.03. The smallest absolute Gasteiger partial charge is 0.0468 e. The third-order valence-corrected chi connectivity index (χ3v) is 4.28. The molecule has 1 atom stereocenters. The minimum absolute atomic E-state index is 0.668. The molecule has 0 aliphatic carbocycles. The first kappa shape index (κ1) is 14.3. The van der Waals surface area contributed by atoms with Gasteiger partial charge in [0.15, 0.2) is 0 Å². The molecule has 0 spiro atoms. The molecule has 1 unspecified atom stereocenters. The summed E-state index contributed by atoms with van der Waals surface area (Å²) in [5.74, 6) is 0.890. The Hall–Kier alpha value is -0.160. The van der Waals surface area contributed by atoms with Gasteiger partial charge in [-0.2, -0.15) is 0 Å². The predicted octanol–water partition coefficient (Wildman–Crippen LogP) is 0.686. The van der Waals surface area contributed by atoms with Gasteiger partial charge >= 0.3 is 0 Å². The Morgan fingerprint density at radius 1 is 1.28 bits per heavy atom. The molecule has 4 heteroatoms. The maximum atomic E-state index is 5.39. The molecule has 0 aromatic heterocycles. The van der Waals surface area contributed by atoms with Gasteiger partial charge < -0.3 is 15.4 Å². The van der Waals surface area contributed by atoms with E-state index in [-0.39, 0.29) is 0 Å². The number of nitrogens with zero attached hydrogens (tertiary/aromatic N) is 1. The Morgan fingerprint density at radius 3 is 2.72 bits per heavy atom. The van der Waals surface area contributed by atoms with E-state index in [1.165, 1.54) is 38.9 Å². The van der Waals surface area contributed by atoms with Crippen LogP contribution in [0.15, 0.2) is 0 Å². The van der Waals surface area contributed by atoms with Crippen LogP contribution >= 0.6 is 0 Å². The average Bonchev–Trinajstić information content (AvgIpc) is 2.45. The highest BCUT2D eigenvalue weighted by atomic mass is 16.5. The Bertz CT molecular complexity index is 213. The summed E-state index contributed by atoms with van der Waals surface area (Å²) in [6.07, 6.45) is 3.84. The molecule has 4 nitrogen and oxygen atoms in total. The lowest BCUT2D eigenvalue weighted by atomic mass is 9.97. The predicted molar refractivity (Wildman–Crippen MR) is 74.9 cm³/mol. The van der Waals surface area contributed by atoms with Crippen LogP contribution in [0, 0.1) is 5.92 Å². The molecule has 2 rings (SSSR count). The van der Waals surface area contributed by atoms with Crippen molar-refractivity contribution in [2.75, 3.05) is 52.5 Å². The Kier molecular flexibility index (Phi) is 6.41. The van der Waals surface area contributed by atoms with Gasteiger partial charge in [0, 0.05) is 52.0 Å². The van der Waals surface area contributed by atoms with Crippen molar-refractivity contribution in [3.8, 4) is 0 Å². The average molecular weight is 255 g/mol. The Morgan fingerprint density at radius 2 is 2.00 bits per heavy atom. The zero-order valence-electron chi connectivity index (χ0n) is 11.8. The molecule has 2 aliphatic rings. The number of ether oxygens (including phenoxy) is 1. The van der Waals surface area contributed by atoms with Crippen molar-refractivity contribution in [3.63, 3.8) is 0 Å². The number of hydrogen-bond donors (Lipinski definition) is 2. The van der Waals surface area contributed by atoms with E-state index >= 15 is 0 Å². The molecule has 0 aromatic rings. The molecule has 2 fully saturated rings. The molecule has 106 valence electrons. The van der Waals surface area contributed by atoms with Crippen LogP contribution in [0.5, 0.6) is 0 Å². The molecular formula is C14H29N3O. The van der Waals surface area contributed by atoms with Crippen LogP contribution in [0.4, 0.5) is 0 Å². The summed E-state index contributed by atoms with van der Waals surface area (Å²) in [5.41, 5.74) is 0. The number of nitrogens with one attached hydrogen (secondary N) is 2. The molecule has 0 bridgehead atoms. The van der Waals surface area contributed by atoms with E-state index in [1.807, 2.05) is 0 Å². The highest BCUT2D eigenvalue weighted by Crippen LogP contribution is 2.17. The van der Waals surface area contributed by atoms with E-state index in [0.29, 0.717) is 6.04 Å². The number of rotatable bonds is 6. The Labute approximate surface area is 111 Å². The van der Waals surface area contributed by atoms with Gasteiger partial charge in [0.2, 0.25) is 0 Å². The molecule has 0 radical (unpaired) electrons. The normalized spacial score (nSPS) is 25.2. The summed E-state index contributed by atoms with van der Waals surface area (Å²) in [7, 11) is 0. The fraction of sp³-hybridized carbons (Fsp3) is 1.00. The van der Waals surface area contributed by atoms with Gasteiger partial charge in [0.1, 0.15) is 0 Å². The number of hydrogen-bond acceptors (Lipinski definition) is 4. The molecule has 18 heavy (non-hydrogen) atoms. The topological polar surface area (TPSA) is 36.5 Å². The first-order valence-electron chi connectivity index (χ1n) is 7.59. The van der Waals surface area contributed by atoms with Crippen molar-refractivity contribution in [2.24, 2.45) is 5.92 Å². The fourth-order valence-electron chi connectivity index (χ4n) is 2.90. The highest BCUT2D eigenvalue weighted by Gasteiger charge is 2.16. The standard InChI is InChI=1S/C14H29N3O/c1-13(17-8-6-15-7-9-17)12-16-5-2-14-3-10-18-11-4-14/h13-16H,2-12H2,1H3. The molecular weight excluding hydrogens is 226 g/mol. The first-order chi connectivity index (χ1) is 8.86. The quantitative estimate of drug-likeness (QED) is 0.685. The second-order valence-electron chi connectivity index (χ2n) is 5.68. The van der Waals surface area contributed by atoms with Gasteiger partial charge in [-0.25, -0.2) is 0 Å². The highest BCUT2D eigenvalue weighted by molar-refractivity contribution is 4.75. The van der Waals surface area contributed by atoms with Crippen LogP contribution in [-0.2, 0) is 4.74 Å². The van der Waals surface area contributed by atoms with Crippen LogP contribution in [0.2, 0.25) is 0 Å². The van der Waals surface area contributed by atoms with Crippen LogP contribution in [0.3, 0.4) is 0 Å². The van der Waals surface area contributed by atoms with Gasteiger partial charge in [-0.3, -0.25) is 4.90 Å². The maximum Gasteiger partial charge on any atom is 0.0468 e. The van der Waals surface area contributed by atoms with Crippen molar-refractivity contribution in [2.45, 2.75) is 32.2 Å².